The molecule has 0 aliphatic rings. The number of hydrogen-bond acceptors (Lipinski definition) is 1. The molecule has 0 aromatic carbocycles. The summed E-state index contributed by atoms with van der Waals surface area (Å²) in [5, 5.41) is 4.20. The molecule has 0 unspecified atom stereocenters. The molecular formula is C6H8Br2N2. The van der Waals surface area contributed by atoms with Gasteiger partial charge in [0.05, 0.1) is 0 Å². The van der Waals surface area contributed by atoms with Crippen molar-refractivity contribution in [2.24, 2.45) is 0 Å². The van der Waals surface area contributed by atoms with Gasteiger partial charge in [-0.25, -0.2) is 0 Å². The Hall–Kier alpha value is 0.170. The first-order chi connectivity index (χ1) is 4.61. The molecule has 0 bridgehead atoms. The fourth-order valence-electron chi connectivity index (χ4n) is 0.706. The Bertz CT molecular complexity index is 230. The molecule has 4 heteroatoms. The summed E-state index contributed by atoms with van der Waals surface area (Å²) in [7, 11) is 0. The Morgan fingerprint density at radius 2 is 2.10 bits per heavy atom. The predicted octanol–water partition coefficient (Wildman–Crippen LogP) is 2.99. The van der Waals surface area contributed by atoms with Crippen LogP contribution in [0.3, 0.4) is 0 Å². The lowest BCUT2D eigenvalue weighted by Gasteiger charge is -2.05. The van der Waals surface area contributed by atoms with Crippen molar-refractivity contribution >= 4 is 31.9 Å². The van der Waals surface area contributed by atoms with E-state index in [1.54, 1.807) is 0 Å². The minimum absolute atomic E-state index is 0.403. The molecule has 0 aliphatic heterocycles. The second-order valence-corrected chi connectivity index (χ2v) is 3.95. The van der Waals surface area contributed by atoms with E-state index in [2.05, 4.69) is 50.8 Å². The van der Waals surface area contributed by atoms with E-state index < -0.39 is 0 Å². The number of aromatic nitrogens is 2. The van der Waals surface area contributed by atoms with Crippen LogP contribution in [0, 0.1) is 0 Å². The molecular weight excluding hydrogens is 260 g/mol. The van der Waals surface area contributed by atoms with Crippen LogP contribution in [-0.2, 0) is 0 Å². The Balaban J connectivity index is 3.03. The molecule has 1 rings (SSSR count). The van der Waals surface area contributed by atoms with E-state index in [1.165, 1.54) is 0 Å². The van der Waals surface area contributed by atoms with Crippen molar-refractivity contribution in [3.05, 3.63) is 15.3 Å². The summed E-state index contributed by atoms with van der Waals surface area (Å²) < 4.78 is 3.78. The topological polar surface area (TPSA) is 17.8 Å². The second kappa shape index (κ2) is 3.05. The van der Waals surface area contributed by atoms with E-state index in [9.17, 15) is 0 Å². The van der Waals surface area contributed by atoms with E-state index in [0.717, 1.165) is 9.21 Å². The molecule has 0 saturated carbocycles. The maximum Gasteiger partial charge on any atom is 0.129 e. The zero-order valence-electron chi connectivity index (χ0n) is 5.81. The van der Waals surface area contributed by atoms with Gasteiger partial charge >= 0.3 is 0 Å². The van der Waals surface area contributed by atoms with Crippen LogP contribution in [0.1, 0.15) is 19.9 Å². The van der Waals surface area contributed by atoms with Crippen LogP contribution in [0.4, 0.5) is 0 Å². The van der Waals surface area contributed by atoms with Gasteiger partial charge in [-0.15, -0.1) is 0 Å². The van der Waals surface area contributed by atoms with Gasteiger partial charge in [-0.1, -0.05) is 0 Å². The lowest BCUT2D eigenvalue weighted by molar-refractivity contribution is 0.519. The van der Waals surface area contributed by atoms with Crippen LogP contribution in [0.5, 0.6) is 0 Å². The first-order valence-corrected chi connectivity index (χ1v) is 4.60. The minimum atomic E-state index is 0.403. The predicted molar refractivity (Wildman–Crippen MR) is 48.0 cm³/mol. The summed E-state index contributed by atoms with van der Waals surface area (Å²) in [6, 6.07) is 2.33. The van der Waals surface area contributed by atoms with Crippen molar-refractivity contribution in [3.8, 4) is 0 Å². The third kappa shape index (κ3) is 1.61. The Labute approximate surface area is 76.9 Å². The minimum Gasteiger partial charge on any atom is -0.255 e. The second-order valence-electron chi connectivity index (χ2n) is 2.33. The number of halogens is 2. The Morgan fingerprint density at radius 1 is 1.50 bits per heavy atom. The van der Waals surface area contributed by atoms with Gasteiger partial charge in [-0.2, -0.15) is 5.10 Å². The zero-order chi connectivity index (χ0) is 7.72. The highest BCUT2D eigenvalue weighted by molar-refractivity contribution is 9.11. The van der Waals surface area contributed by atoms with Crippen molar-refractivity contribution in [1.82, 2.24) is 9.78 Å². The van der Waals surface area contributed by atoms with E-state index in [0.29, 0.717) is 6.04 Å². The molecule has 2 nitrogen and oxygen atoms in total. The van der Waals surface area contributed by atoms with Crippen LogP contribution in [0.25, 0.3) is 0 Å². The molecule has 56 valence electrons. The summed E-state index contributed by atoms with van der Waals surface area (Å²) in [5.74, 6) is 0. The lowest BCUT2D eigenvalue weighted by atomic mass is 10.4. The van der Waals surface area contributed by atoms with Crippen molar-refractivity contribution in [2.75, 3.05) is 0 Å². The fourth-order valence-corrected chi connectivity index (χ4v) is 2.11. The largest absolute Gasteiger partial charge is 0.255 e. The number of hydrogen-bond donors (Lipinski definition) is 0. The molecule has 0 fully saturated rings. The summed E-state index contributed by atoms with van der Waals surface area (Å²) in [6.07, 6.45) is 0. The molecule has 0 amide bonds. The van der Waals surface area contributed by atoms with Crippen molar-refractivity contribution < 1.29 is 0 Å². The molecule has 0 aliphatic carbocycles. The standard InChI is InChI=1S/C6H8Br2N2/c1-4(2)10-6(8)3-5(7)9-10/h3-4H,1-2H3. The van der Waals surface area contributed by atoms with E-state index in [-0.39, 0.29) is 0 Å². The fraction of sp³-hybridized carbons (Fsp3) is 0.500. The van der Waals surface area contributed by atoms with Gasteiger partial charge < -0.3 is 0 Å². The third-order valence-electron chi connectivity index (χ3n) is 1.15. The highest BCUT2D eigenvalue weighted by atomic mass is 79.9. The summed E-state index contributed by atoms with van der Waals surface area (Å²) in [4.78, 5) is 0. The smallest absolute Gasteiger partial charge is 0.129 e. The lowest BCUT2D eigenvalue weighted by Crippen LogP contribution is -2.02. The maximum absolute atomic E-state index is 4.20. The van der Waals surface area contributed by atoms with E-state index >= 15 is 0 Å². The van der Waals surface area contributed by atoms with Gasteiger partial charge in [0.1, 0.15) is 9.21 Å². The average Bonchev–Trinajstić information content (AvgIpc) is 2.10. The van der Waals surface area contributed by atoms with Crippen LogP contribution in [-0.4, -0.2) is 9.78 Å². The first kappa shape index (κ1) is 8.27. The SMILES string of the molecule is CC(C)n1nc(Br)cc1Br. The molecule has 1 aromatic heterocycles. The molecule has 10 heavy (non-hydrogen) atoms. The highest BCUT2D eigenvalue weighted by Crippen LogP contribution is 2.19. The van der Waals surface area contributed by atoms with Crippen LogP contribution < -0.4 is 0 Å². The van der Waals surface area contributed by atoms with Gasteiger partial charge in [0, 0.05) is 12.1 Å². The van der Waals surface area contributed by atoms with Gasteiger partial charge in [-0.05, 0) is 45.7 Å². The molecule has 0 N–H and O–H groups in total. The highest BCUT2D eigenvalue weighted by Gasteiger charge is 2.04. The quantitative estimate of drug-likeness (QED) is 0.765. The first-order valence-electron chi connectivity index (χ1n) is 3.02. The summed E-state index contributed by atoms with van der Waals surface area (Å²) in [6.45, 7) is 4.18. The van der Waals surface area contributed by atoms with Gasteiger partial charge in [0.25, 0.3) is 0 Å². The molecule has 1 heterocycles. The maximum atomic E-state index is 4.20. The van der Waals surface area contributed by atoms with Gasteiger partial charge in [0.2, 0.25) is 0 Å². The zero-order valence-corrected chi connectivity index (χ0v) is 8.98. The summed E-state index contributed by atoms with van der Waals surface area (Å²) >= 11 is 6.68. The molecule has 1 aromatic rings. The van der Waals surface area contributed by atoms with Gasteiger partial charge in [-0.3, -0.25) is 4.68 Å². The average molecular weight is 268 g/mol. The van der Waals surface area contributed by atoms with Crippen LogP contribution >= 0.6 is 31.9 Å². The normalized spacial score (nSPS) is 10.9. The van der Waals surface area contributed by atoms with Crippen molar-refractivity contribution in [2.45, 2.75) is 19.9 Å². The Kier molecular flexibility index (Phi) is 2.52. The molecule has 0 radical (unpaired) electrons. The van der Waals surface area contributed by atoms with Crippen molar-refractivity contribution in [3.63, 3.8) is 0 Å². The third-order valence-corrected chi connectivity index (χ3v) is 2.13. The van der Waals surface area contributed by atoms with Crippen LogP contribution in [0.2, 0.25) is 0 Å². The monoisotopic (exact) mass is 266 g/mol. The number of nitrogens with zero attached hydrogens (tertiary/aromatic N) is 2. The van der Waals surface area contributed by atoms with E-state index in [4.69, 9.17) is 0 Å². The molecule has 0 spiro atoms. The van der Waals surface area contributed by atoms with Gasteiger partial charge in [0.15, 0.2) is 0 Å². The van der Waals surface area contributed by atoms with Crippen LogP contribution in [0.15, 0.2) is 15.3 Å². The molecule has 0 atom stereocenters. The number of rotatable bonds is 1. The van der Waals surface area contributed by atoms with E-state index in [1.807, 2.05) is 10.7 Å². The molecule has 0 saturated heterocycles. The Morgan fingerprint density at radius 3 is 2.30 bits per heavy atom. The van der Waals surface area contributed by atoms with Crippen molar-refractivity contribution in [1.29, 1.82) is 0 Å². The summed E-state index contributed by atoms with van der Waals surface area (Å²) in [5.41, 5.74) is 0.